The van der Waals surface area contributed by atoms with Gasteiger partial charge in [0.2, 0.25) is 0 Å². The molecule has 1 N–H and O–H groups in total. The predicted molar refractivity (Wildman–Crippen MR) is 69.2 cm³/mol. The van der Waals surface area contributed by atoms with E-state index >= 15 is 0 Å². The summed E-state index contributed by atoms with van der Waals surface area (Å²) in [5, 5.41) is 10.9. The molecule has 20 heavy (non-hydrogen) atoms. The van der Waals surface area contributed by atoms with Crippen LogP contribution in [0, 0.1) is 11.6 Å². The smallest absolute Gasteiger partial charge is 0.355 e. The van der Waals surface area contributed by atoms with Crippen LogP contribution in [0.2, 0.25) is 0 Å². The number of ether oxygens (including phenoxy) is 1. The van der Waals surface area contributed by atoms with Crippen molar-refractivity contribution in [3.8, 4) is 5.75 Å². The van der Waals surface area contributed by atoms with Crippen LogP contribution in [0.5, 0.6) is 5.75 Å². The molecule has 0 aliphatic carbocycles. The van der Waals surface area contributed by atoms with Crippen LogP contribution in [0.15, 0.2) is 23.6 Å². The molecule has 0 bridgehead atoms. The van der Waals surface area contributed by atoms with Crippen molar-refractivity contribution < 1.29 is 23.4 Å². The Labute approximate surface area is 117 Å². The highest BCUT2D eigenvalue weighted by Gasteiger charge is 2.08. The summed E-state index contributed by atoms with van der Waals surface area (Å²) in [7, 11) is 0. The monoisotopic (exact) mass is 299 g/mol. The summed E-state index contributed by atoms with van der Waals surface area (Å²) in [5.74, 6) is -2.66. The Bertz CT molecular complexity index is 615. The van der Waals surface area contributed by atoms with Gasteiger partial charge in [-0.15, -0.1) is 11.3 Å². The molecule has 0 atom stereocenters. The van der Waals surface area contributed by atoms with Crippen LogP contribution in [0.4, 0.5) is 8.78 Å². The van der Waals surface area contributed by atoms with Gasteiger partial charge >= 0.3 is 5.97 Å². The summed E-state index contributed by atoms with van der Waals surface area (Å²) < 4.78 is 30.9. The van der Waals surface area contributed by atoms with Crippen LogP contribution in [-0.4, -0.2) is 22.7 Å². The molecule has 2 aromatic rings. The number of thiazole rings is 1. The molecule has 0 radical (unpaired) electrons. The Kier molecular flexibility index (Phi) is 4.62. The largest absolute Gasteiger partial charge is 0.493 e. The quantitative estimate of drug-likeness (QED) is 0.833. The molecular weight excluding hydrogens is 288 g/mol. The number of hydrogen-bond acceptors (Lipinski definition) is 4. The summed E-state index contributed by atoms with van der Waals surface area (Å²) >= 11 is 1.27. The van der Waals surface area contributed by atoms with Crippen LogP contribution in [-0.2, 0) is 6.42 Å². The van der Waals surface area contributed by atoms with E-state index in [1.807, 2.05) is 0 Å². The topological polar surface area (TPSA) is 59.4 Å². The van der Waals surface area contributed by atoms with E-state index in [0.717, 1.165) is 12.1 Å². The van der Waals surface area contributed by atoms with Crippen LogP contribution < -0.4 is 4.74 Å². The maximum atomic E-state index is 12.9. The van der Waals surface area contributed by atoms with Gasteiger partial charge in [-0.3, -0.25) is 0 Å². The summed E-state index contributed by atoms with van der Waals surface area (Å²) in [6.07, 6.45) is 1.17. The summed E-state index contributed by atoms with van der Waals surface area (Å²) in [5.41, 5.74) is 0.0338. The average molecular weight is 299 g/mol. The first-order valence-electron chi connectivity index (χ1n) is 5.82. The number of carboxylic acid groups (broad SMARTS) is 1. The van der Waals surface area contributed by atoms with Gasteiger partial charge in [0, 0.05) is 17.9 Å². The number of aromatic nitrogens is 1. The van der Waals surface area contributed by atoms with Crippen LogP contribution >= 0.6 is 11.3 Å². The third-order valence-electron chi connectivity index (χ3n) is 2.47. The van der Waals surface area contributed by atoms with Crippen molar-refractivity contribution >= 4 is 17.3 Å². The van der Waals surface area contributed by atoms with E-state index in [4.69, 9.17) is 9.84 Å². The third-order valence-corrected chi connectivity index (χ3v) is 3.37. The number of rotatable bonds is 6. The van der Waals surface area contributed by atoms with Gasteiger partial charge in [-0.2, -0.15) is 0 Å². The second-order valence-corrected chi connectivity index (χ2v) is 4.90. The van der Waals surface area contributed by atoms with Crippen LogP contribution in [0.1, 0.15) is 21.9 Å². The molecule has 0 aliphatic heterocycles. The normalized spacial score (nSPS) is 10.5. The fraction of sp³-hybridized carbons (Fsp3) is 0.231. The van der Waals surface area contributed by atoms with Gasteiger partial charge in [-0.05, 0) is 18.6 Å². The highest BCUT2D eigenvalue weighted by atomic mass is 32.1. The minimum Gasteiger partial charge on any atom is -0.493 e. The lowest BCUT2D eigenvalue weighted by molar-refractivity contribution is 0.0691. The molecular formula is C13H11F2NO3S. The first kappa shape index (κ1) is 14.4. The van der Waals surface area contributed by atoms with Gasteiger partial charge in [0.1, 0.15) is 5.75 Å². The summed E-state index contributed by atoms with van der Waals surface area (Å²) in [4.78, 5) is 14.6. The van der Waals surface area contributed by atoms with Crippen LogP contribution in [0.25, 0.3) is 0 Å². The Morgan fingerprint density at radius 3 is 2.80 bits per heavy atom. The lowest BCUT2D eigenvalue weighted by Crippen LogP contribution is -2.01. The molecule has 0 amide bonds. The lowest BCUT2D eigenvalue weighted by atomic mass is 10.3. The summed E-state index contributed by atoms with van der Waals surface area (Å²) in [6.45, 7) is 0.313. The van der Waals surface area contributed by atoms with Crippen molar-refractivity contribution in [1.82, 2.24) is 4.98 Å². The standard InChI is InChI=1S/C13H11F2NO3S/c14-9-4-3-8(6-10(9)15)19-5-1-2-12-16-11(7-20-12)13(17)18/h3-4,6-7H,1-2,5H2,(H,17,18). The second-order valence-electron chi connectivity index (χ2n) is 3.96. The van der Waals surface area contributed by atoms with E-state index in [9.17, 15) is 13.6 Å². The van der Waals surface area contributed by atoms with Crippen molar-refractivity contribution in [2.24, 2.45) is 0 Å². The van der Waals surface area contributed by atoms with Gasteiger partial charge in [-0.1, -0.05) is 0 Å². The fourth-order valence-electron chi connectivity index (χ4n) is 1.50. The predicted octanol–water partition coefficient (Wildman–Crippen LogP) is 3.13. The molecule has 1 aromatic carbocycles. The first-order chi connectivity index (χ1) is 9.56. The minimum absolute atomic E-state index is 0.0338. The van der Waals surface area contributed by atoms with Gasteiger partial charge in [-0.25, -0.2) is 18.6 Å². The Balaban J connectivity index is 1.78. The number of aryl methyl sites for hydroxylation is 1. The molecule has 106 valence electrons. The minimum atomic E-state index is -1.05. The molecule has 0 saturated carbocycles. The number of nitrogens with zero attached hydrogens (tertiary/aromatic N) is 1. The van der Waals surface area contributed by atoms with E-state index in [1.165, 1.54) is 22.8 Å². The van der Waals surface area contributed by atoms with E-state index < -0.39 is 17.6 Å². The van der Waals surface area contributed by atoms with Gasteiger partial charge in [0.25, 0.3) is 0 Å². The SMILES string of the molecule is O=C(O)c1csc(CCCOc2ccc(F)c(F)c2)n1. The number of carbonyl (C=O) groups is 1. The molecule has 7 heteroatoms. The molecule has 2 rings (SSSR count). The molecule has 0 saturated heterocycles. The zero-order valence-electron chi connectivity index (χ0n) is 10.3. The highest BCUT2D eigenvalue weighted by Crippen LogP contribution is 2.16. The molecule has 0 fully saturated rings. The highest BCUT2D eigenvalue weighted by molar-refractivity contribution is 7.09. The number of halogens is 2. The zero-order valence-corrected chi connectivity index (χ0v) is 11.1. The zero-order chi connectivity index (χ0) is 14.5. The molecule has 1 aromatic heterocycles. The first-order valence-corrected chi connectivity index (χ1v) is 6.70. The van der Waals surface area contributed by atoms with E-state index in [0.29, 0.717) is 24.5 Å². The Morgan fingerprint density at radius 1 is 1.35 bits per heavy atom. The van der Waals surface area contributed by atoms with Crippen molar-refractivity contribution in [1.29, 1.82) is 0 Å². The number of hydrogen-bond donors (Lipinski definition) is 1. The lowest BCUT2D eigenvalue weighted by Gasteiger charge is -2.05. The van der Waals surface area contributed by atoms with Gasteiger partial charge in [0.05, 0.1) is 11.6 Å². The molecule has 0 spiro atoms. The van der Waals surface area contributed by atoms with Gasteiger partial charge < -0.3 is 9.84 Å². The van der Waals surface area contributed by atoms with Crippen molar-refractivity contribution in [3.05, 3.63) is 45.9 Å². The molecule has 0 unspecified atom stereocenters. The molecule has 0 aliphatic rings. The van der Waals surface area contributed by atoms with Gasteiger partial charge in [0.15, 0.2) is 17.3 Å². The van der Waals surface area contributed by atoms with Crippen molar-refractivity contribution in [3.63, 3.8) is 0 Å². The van der Waals surface area contributed by atoms with E-state index in [-0.39, 0.29) is 11.4 Å². The van der Waals surface area contributed by atoms with E-state index in [1.54, 1.807) is 0 Å². The van der Waals surface area contributed by atoms with Crippen molar-refractivity contribution in [2.45, 2.75) is 12.8 Å². The maximum Gasteiger partial charge on any atom is 0.355 e. The molecule has 4 nitrogen and oxygen atoms in total. The number of benzene rings is 1. The summed E-state index contributed by atoms with van der Waals surface area (Å²) in [6, 6.07) is 3.34. The maximum absolute atomic E-state index is 12.9. The Morgan fingerprint density at radius 2 is 2.15 bits per heavy atom. The average Bonchev–Trinajstić information content (AvgIpc) is 2.88. The van der Waals surface area contributed by atoms with Crippen LogP contribution in [0.3, 0.4) is 0 Å². The number of carboxylic acids is 1. The molecule has 1 heterocycles. The van der Waals surface area contributed by atoms with E-state index in [2.05, 4.69) is 4.98 Å². The van der Waals surface area contributed by atoms with Crippen molar-refractivity contribution in [2.75, 3.05) is 6.61 Å². The number of aromatic carboxylic acids is 1. The Hall–Kier alpha value is -2.02. The second kappa shape index (κ2) is 6.42. The third kappa shape index (κ3) is 3.74. The fourth-order valence-corrected chi connectivity index (χ4v) is 2.32.